The fourth-order valence-corrected chi connectivity index (χ4v) is 4.65. The number of hydrogen-bond acceptors (Lipinski definition) is 4. The van der Waals surface area contributed by atoms with Crippen LogP contribution in [-0.4, -0.2) is 58.3 Å². The Hall–Kier alpha value is -0.870. The second-order valence-electron chi connectivity index (χ2n) is 7.86. The van der Waals surface area contributed by atoms with Gasteiger partial charge in [-0.25, -0.2) is 8.42 Å². The van der Waals surface area contributed by atoms with Crippen LogP contribution in [0.15, 0.2) is 28.1 Å². The van der Waals surface area contributed by atoms with Gasteiger partial charge in [-0.05, 0) is 49.4 Å². The average molecular weight is 522 g/mol. The van der Waals surface area contributed by atoms with Crippen LogP contribution < -0.4 is 10.6 Å². The van der Waals surface area contributed by atoms with E-state index >= 15 is 0 Å². The predicted octanol–water partition coefficient (Wildman–Crippen LogP) is 2.80. The second kappa shape index (κ2) is 11.3. The van der Waals surface area contributed by atoms with E-state index in [0.717, 1.165) is 30.2 Å². The summed E-state index contributed by atoms with van der Waals surface area (Å²) in [4.78, 5) is 7.27. The van der Waals surface area contributed by atoms with Gasteiger partial charge in [0, 0.05) is 39.0 Å². The highest BCUT2D eigenvalue weighted by Gasteiger charge is 2.24. The topological polar surface area (TPSA) is 73.8 Å². The molecule has 1 aromatic carbocycles. The third kappa shape index (κ3) is 7.51. The van der Waals surface area contributed by atoms with E-state index in [0.29, 0.717) is 23.4 Å². The van der Waals surface area contributed by atoms with Crippen LogP contribution in [0, 0.1) is 12.8 Å². The van der Waals surface area contributed by atoms with Gasteiger partial charge in [0.15, 0.2) is 15.8 Å². The summed E-state index contributed by atoms with van der Waals surface area (Å²) in [7, 11) is -1.41. The average Bonchev–Trinajstić information content (AvgIpc) is 3.00. The lowest BCUT2D eigenvalue weighted by atomic mass is 10.1. The first-order chi connectivity index (χ1) is 12.7. The number of likely N-dealkylation sites (tertiary alicyclic amines) is 1. The first-order valence-corrected chi connectivity index (χ1v) is 11.6. The Bertz CT molecular complexity index is 765. The molecule has 1 aliphatic heterocycles. The fourth-order valence-electron chi connectivity index (χ4n) is 3.69. The zero-order valence-corrected chi connectivity index (χ0v) is 20.8. The highest BCUT2D eigenvalue weighted by Crippen LogP contribution is 2.18. The van der Waals surface area contributed by atoms with Crippen molar-refractivity contribution in [2.75, 3.05) is 32.9 Å². The number of rotatable bonds is 7. The van der Waals surface area contributed by atoms with Gasteiger partial charge in [0.1, 0.15) is 0 Å². The number of benzene rings is 1. The van der Waals surface area contributed by atoms with E-state index in [9.17, 15) is 8.42 Å². The molecule has 0 aromatic heterocycles. The van der Waals surface area contributed by atoms with E-state index < -0.39 is 9.84 Å². The van der Waals surface area contributed by atoms with Crippen molar-refractivity contribution in [1.29, 1.82) is 0 Å². The van der Waals surface area contributed by atoms with Crippen LogP contribution in [0.4, 0.5) is 0 Å². The molecule has 2 rings (SSSR count). The Morgan fingerprint density at radius 3 is 2.61 bits per heavy atom. The minimum absolute atomic E-state index is 0. The largest absolute Gasteiger partial charge is 0.355 e. The van der Waals surface area contributed by atoms with Crippen LogP contribution in [-0.2, 0) is 16.4 Å². The Kier molecular flexibility index (Phi) is 10.2. The maximum Gasteiger partial charge on any atom is 0.191 e. The molecule has 1 saturated heterocycles. The Morgan fingerprint density at radius 1 is 1.32 bits per heavy atom. The summed E-state index contributed by atoms with van der Waals surface area (Å²) in [5, 5.41) is 6.76. The molecule has 160 valence electrons. The van der Waals surface area contributed by atoms with Crippen molar-refractivity contribution in [3.8, 4) is 0 Å². The summed E-state index contributed by atoms with van der Waals surface area (Å²) in [5.41, 5.74) is 1.81. The Balaban J connectivity index is 0.00000392. The van der Waals surface area contributed by atoms with E-state index in [1.807, 2.05) is 19.1 Å². The molecule has 1 fully saturated rings. The number of sulfone groups is 1. The van der Waals surface area contributed by atoms with Crippen LogP contribution in [0.25, 0.3) is 0 Å². The van der Waals surface area contributed by atoms with Crippen LogP contribution in [0.5, 0.6) is 0 Å². The number of nitrogens with zero attached hydrogens (tertiary/aromatic N) is 2. The minimum atomic E-state index is -3.18. The summed E-state index contributed by atoms with van der Waals surface area (Å²) in [6.07, 6.45) is 3.73. The van der Waals surface area contributed by atoms with Crippen molar-refractivity contribution in [3.63, 3.8) is 0 Å². The van der Waals surface area contributed by atoms with Crippen molar-refractivity contribution in [3.05, 3.63) is 29.3 Å². The number of aliphatic imine (C=N–C) groups is 1. The molecule has 0 spiro atoms. The molecule has 1 aromatic rings. The zero-order valence-electron chi connectivity index (χ0n) is 17.7. The number of halogens is 1. The van der Waals surface area contributed by atoms with Gasteiger partial charge in [-0.15, -0.1) is 24.0 Å². The van der Waals surface area contributed by atoms with Gasteiger partial charge in [0.05, 0.1) is 4.90 Å². The number of nitrogens with one attached hydrogen (secondary N) is 2. The molecule has 0 unspecified atom stereocenters. The molecule has 0 aliphatic carbocycles. The normalized spacial score (nSPS) is 18.2. The lowest BCUT2D eigenvalue weighted by molar-refractivity contribution is 0.226. The van der Waals surface area contributed by atoms with E-state index in [2.05, 4.69) is 34.4 Å². The maximum absolute atomic E-state index is 11.7. The zero-order chi connectivity index (χ0) is 20.0. The number of hydrogen-bond donors (Lipinski definition) is 2. The molecule has 2 N–H and O–H groups in total. The lowest BCUT2D eigenvalue weighted by Crippen LogP contribution is -2.45. The highest BCUT2D eigenvalue weighted by atomic mass is 127. The van der Waals surface area contributed by atoms with Crippen molar-refractivity contribution in [2.45, 2.75) is 51.1 Å². The van der Waals surface area contributed by atoms with Gasteiger partial charge < -0.3 is 10.6 Å². The van der Waals surface area contributed by atoms with Crippen molar-refractivity contribution in [2.24, 2.45) is 10.9 Å². The SMILES string of the molecule is CN=C(NCc1ccc(S(C)(=O)=O)c(C)c1)NC[C@H]1CCCN1CC(C)C.I. The quantitative estimate of drug-likeness (QED) is 0.328. The van der Waals surface area contributed by atoms with E-state index in [1.54, 1.807) is 13.1 Å². The molecule has 1 aliphatic rings. The van der Waals surface area contributed by atoms with Gasteiger partial charge >= 0.3 is 0 Å². The third-order valence-electron chi connectivity index (χ3n) is 4.93. The summed E-state index contributed by atoms with van der Waals surface area (Å²) >= 11 is 0. The number of aryl methyl sites for hydroxylation is 1. The molecular formula is C20H35IN4O2S. The van der Waals surface area contributed by atoms with Crippen LogP contribution >= 0.6 is 24.0 Å². The highest BCUT2D eigenvalue weighted by molar-refractivity contribution is 14.0. The number of guanidine groups is 1. The Labute approximate surface area is 187 Å². The summed E-state index contributed by atoms with van der Waals surface area (Å²) in [6, 6.07) is 6.01. The molecule has 0 radical (unpaired) electrons. The van der Waals surface area contributed by atoms with E-state index in [4.69, 9.17) is 0 Å². The Morgan fingerprint density at radius 2 is 2.04 bits per heavy atom. The molecule has 1 atom stereocenters. The summed E-state index contributed by atoms with van der Waals surface area (Å²) in [6.45, 7) is 10.2. The van der Waals surface area contributed by atoms with Gasteiger partial charge in [0.25, 0.3) is 0 Å². The van der Waals surface area contributed by atoms with Crippen molar-refractivity contribution < 1.29 is 8.42 Å². The monoisotopic (exact) mass is 522 g/mol. The minimum Gasteiger partial charge on any atom is -0.355 e. The lowest BCUT2D eigenvalue weighted by Gasteiger charge is -2.27. The molecule has 8 heteroatoms. The van der Waals surface area contributed by atoms with E-state index in [-0.39, 0.29) is 24.0 Å². The third-order valence-corrected chi connectivity index (χ3v) is 6.18. The van der Waals surface area contributed by atoms with Crippen LogP contribution in [0.2, 0.25) is 0 Å². The van der Waals surface area contributed by atoms with Gasteiger partial charge in [-0.1, -0.05) is 26.0 Å². The predicted molar refractivity (Wildman–Crippen MR) is 127 cm³/mol. The smallest absolute Gasteiger partial charge is 0.191 e. The van der Waals surface area contributed by atoms with Crippen molar-refractivity contribution in [1.82, 2.24) is 15.5 Å². The molecular weight excluding hydrogens is 487 g/mol. The first-order valence-electron chi connectivity index (χ1n) is 9.69. The molecule has 6 nitrogen and oxygen atoms in total. The maximum atomic E-state index is 11.7. The molecule has 0 saturated carbocycles. The standard InChI is InChI=1S/C20H34N4O2S.HI/c1-15(2)14-24-10-6-7-18(24)13-23-20(21-4)22-12-17-8-9-19(16(3)11-17)27(5,25)26;/h8-9,11,15,18H,6-7,10,12-14H2,1-5H3,(H2,21,22,23);1H/t18-;/m1./s1. The summed E-state index contributed by atoms with van der Waals surface area (Å²) in [5.74, 6) is 1.46. The molecule has 0 amide bonds. The fraction of sp³-hybridized carbons (Fsp3) is 0.650. The second-order valence-corrected chi connectivity index (χ2v) is 9.85. The summed E-state index contributed by atoms with van der Waals surface area (Å²) < 4.78 is 23.5. The van der Waals surface area contributed by atoms with E-state index in [1.165, 1.54) is 25.6 Å². The van der Waals surface area contributed by atoms with Crippen LogP contribution in [0.1, 0.15) is 37.8 Å². The molecule has 1 heterocycles. The van der Waals surface area contributed by atoms with Gasteiger partial charge in [-0.2, -0.15) is 0 Å². The first kappa shape index (κ1) is 25.2. The van der Waals surface area contributed by atoms with Crippen molar-refractivity contribution >= 4 is 39.8 Å². The van der Waals surface area contributed by atoms with Gasteiger partial charge in [-0.3, -0.25) is 9.89 Å². The van der Waals surface area contributed by atoms with Crippen LogP contribution in [0.3, 0.4) is 0 Å². The van der Waals surface area contributed by atoms with Gasteiger partial charge in [0.2, 0.25) is 0 Å². The molecule has 0 bridgehead atoms. The molecule has 28 heavy (non-hydrogen) atoms.